The van der Waals surface area contributed by atoms with Crippen molar-refractivity contribution in [3.8, 4) is 0 Å². The van der Waals surface area contributed by atoms with Gasteiger partial charge in [-0.1, -0.05) is 34.1 Å². The summed E-state index contributed by atoms with van der Waals surface area (Å²) >= 11 is 3.30. The summed E-state index contributed by atoms with van der Waals surface area (Å²) in [6.07, 6.45) is 0. The Labute approximate surface area is 68.0 Å². The first-order chi connectivity index (χ1) is 4.88. The molecule has 0 saturated heterocycles. The Morgan fingerprint density at radius 1 is 1.40 bits per heavy atom. The predicted octanol–water partition coefficient (Wildman–Crippen LogP) is 2.38. The van der Waals surface area contributed by atoms with Gasteiger partial charge in [0.1, 0.15) is 0 Å². The number of hydrogen-bond donors (Lipinski definition) is 2. The van der Waals surface area contributed by atoms with Crippen LogP contribution in [0.25, 0.3) is 0 Å². The summed E-state index contributed by atoms with van der Waals surface area (Å²) in [7, 11) is 0. The van der Waals surface area contributed by atoms with Crippen LogP contribution in [0.4, 0.5) is 5.69 Å². The zero-order chi connectivity index (χ0) is 7.40. The summed E-state index contributed by atoms with van der Waals surface area (Å²) < 4.78 is 0. The number of para-hydroxylation sites is 1. The Bertz CT molecular complexity index is 192. The van der Waals surface area contributed by atoms with E-state index in [-0.39, 0.29) is 0 Å². The van der Waals surface area contributed by atoms with Gasteiger partial charge in [-0.3, -0.25) is 10.7 Å². The van der Waals surface area contributed by atoms with E-state index < -0.39 is 0 Å². The zero-order valence-electron chi connectivity index (χ0n) is 5.34. The zero-order valence-corrected chi connectivity index (χ0v) is 6.93. The Kier molecular flexibility index (Phi) is 2.71. The number of benzene rings is 1. The van der Waals surface area contributed by atoms with E-state index in [1.807, 2.05) is 24.3 Å². The van der Waals surface area contributed by atoms with Gasteiger partial charge in [-0.25, -0.2) is 0 Å². The van der Waals surface area contributed by atoms with Gasteiger partial charge in [0.15, 0.2) is 0 Å². The number of hydrogen-bond acceptors (Lipinski definition) is 2. The van der Waals surface area contributed by atoms with Crippen LogP contribution in [0, 0.1) is 0 Å². The van der Waals surface area contributed by atoms with Gasteiger partial charge in [-0.2, -0.15) is 0 Å². The van der Waals surface area contributed by atoms with Gasteiger partial charge >= 0.3 is 0 Å². The number of halogens is 1. The van der Waals surface area contributed by atoms with Gasteiger partial charge in [0.05, 0.1) is 5.69 Å². The van der Waals surface area contributed by atoms with E-state index in [1.54, 1.807) is 0 Å². The van der Waals surface area contributed by atoms with E-state index in [9.17, 15) is 0 Å². The van der Waals surface area contributed by atoms with Crippen LogP contribution in [0.1, 0.15) is 5.56 Å². The molecule has 0 amide bonds. The fourth-order valence-corrected chi connectivity index (χ4v) is 1.23. The second kappa shape index (κ2) is 3.58. The lowest BCUT2D eigenvalue weighted by molar-refractivity contribution is 0.388. The molecule has 2 nitrogen and oxygen atoms in total. The van der Waals surface area contributed by atoms with Crippen molar-refractivity contribution in [1.82, 2.24) is 0 Å². The van der Waals surface area contributed by atoms with Crippen LogP contribution in [0.5, 0.6) is 0 Å². The molecule has 0 bridgehead atoms. The van der Waals surface area contributed by atoms with E-state index in [1.165, 1.54) is 0 Å². The van der Waals surface area contributed by atoms with E-state index >= 15 is 0 Å². The summed E-state index contributed by atoms with van der Waals surface area (Å²) in [5.74, 6) is 0. The van der Waals surface area contributed by atoms with E-state index in [4.69, 9.17) is 5.21 Å². The summed E-state index contributed by atoms with van der Waals surface area (Å²) in [4.78, 5) is 0. The molecule has 1 rings (SSSR count). The lowest BCUT2D eigenvalue weighted by Crippen LogP contribution is -1.92. The summed E-state index contributed by atoms with van der Waals surface area (Å²) in [6.45, 7) is 0. The highest BCUT2D eigenvalue weighted by atomic mass is 79.9. The number of rotatable bonds is 2. The molecule has 0 unspecified atom stereocenters. The van der Waals surface area contributed by atoms with Crippen molar-refractivity contribution >= 4 is 21.6 Å². The molecule has 3 heteroatoms. The molecule has 0 spiro atoms. The maximum absolute atomic E-state index is 8.58. The average molecular weight is 202 g/mol. The molecule has 0 fully saturated rings. The van der Waals surface area contributed by atoms with Crippen LogP contribution in [-0.4, -0.2) is 5.21 Å². The molecule has 0 radical (unpaired) electrons. The number of anilines is 1. The molecule has 0 aliphatic rings. The average Bonchev–Trinajstić information content (AvgIpc) is 2.04. The van der Waals surface area contributed by atoms with Gasteiger partial charge < -0.3 is 0 Å². The van der Waals surface area contributed by atoms with Crippen molar-refractivity contribution in [1.29, 1.82) is 0 Å². The fourth-order valence-electron chi connectivity index (χ4n) is 0.746. The molecule has 54 valence electrons. The van der Waals surface area contributed by atoms with Gasteiger partial charge in [-0.05, 0) is 11.6 Å². The first-order valence-electron chi connectivity index (χ1n) is 2.92. The molecular weight excluding hydrogens is 194 g/mol. The van der Waals surface area contributed by atoms with Gasteiger partial charge in [-0.15, -0.1) is 0 Å². The summed E-state index contributed by atoms with van der Waals surface area (Å²) in [5, 5.41) is 9.33. The Balaban J connectivity index is 2.96. The SMILES string of the molecule is ONc1ccccc1CBr. The lowest BCUT2D eigenvalue weighted by Gasteiger charge is -2.02. The standard InChI is InChI=1S/C7H8BrNO/c8-5-6-3-1-2-4-7(6)9-10/h1-4,9-10H,5H2. The van der Waals surface area contributed by atoms with E-state index in [2.05, 4.69) is 21.4 Å². The monoisotopic (exact) mass is 201 g/mol. The van der Waals surface area contributed by atoms with Crippen molar-refractivity contribution in [2.45, 2.75) is 5.33 Å². The van der Waals surface area contributed by atoms with Crippen LogP contribution in [0.2, 0.25) is 0 Å². The molecule has 1 aromatic rings. The third-order valence-corrected chi connectivity index (χ3v) is 1.89. The first kappa shape index (κ1) is 7.57. The van der Waals surface area contributed by atoms with Crippen LogP contribution < -0.4 is 5.48 Å². The highest BCUT2D eigenvalue weighted by Gasteiger charge is 1.95. The van der Waals surface area contributed by atoms with Crippen LogP contribution in [0.15, 0.2) is 24.3 Å². The largest absolute Gasteiger partial charge is 0.291 e. The Morgan fingerprint density at radius 3 is 2.60 bits per heavy atom. The Morgan fingerprint density at radius 2 is 2.10 bits per heavy atom. The second-order valence-corrected chi connectivity index (χ2v) is 2.46. The smallest absolute Gasteiger partial charge is 0.0642 e. The van der Waals surface area contributed by atoms with Crippen molar-refractivity contribution in [2.75, 3.05) is 5.48 Å². The maximum atomic E-state index is 8.58. The van der Waals surface area contributed by atoms with Crippen LogP contribution in [-0.2, 0) is 5.33 Å². The minimum Gasteiger partial charge on any atom is -0.291 e. The number of alkyl halides is 1. The quantitative estimate of drug-likeness (QED) is 0.570. The Hall–Kier alpha value is -0.540. The maximum Gasteiger partial charge on any atom is 0.0642 e. The third kappa shape index (κ3) is 1.49. The normalized spacial score (nSPS) is 9.40. The minimum absolute atomic E-state index is 0.747. The number of nitrogens with one attached hydrogen (secondary N) is 1. The first-order valence-corrected chi connectivity index (χ1v) is 4.04. The van der Waals surface area contributed by atoms with E-state index in [0.29, 0.717) is 0 Å². The van der Waals surface area contributed by atoms with Gasteiger partial charge in [0.2, 0.25) is 0 Å². The minimum atomic E-state index is 0.747. The molecule has 2 N–H and O–H groups in total. The predicted molar refractivity (Wildman–Crippen MR) is 44.5 cm³/mol. The summed E-state index contributed by atoms with van der Waals surface area (Å²) in [6, 6.07) is 7.55. The summed E-state index contributed by atoms with van der Waals surface area (Å²) in [5.41, 5.74) is 3.91. The van der Waals surface area contributed by atoms with Gasteiger partial charge in [0.25, 0.3) is 0 Å². The molecular formula is C7H8BrNO. The van der Waals surface area contributed by atoms with Crippen molar-refractivity contribution in [3.05, 3.63) is 29.8 Å². The topological polar surface area (TPSA) is 32.3 Å². The van der Waals surface area contributed by atoms with Gasteiger partial charge in [0, 0.05) is 5.33 Å². The van der Waals surface area contributed by atoms with Crippen molar-refractivity contribution < 1.29 is 5.21 Å². The molecule has 0 aromatic heterocycles. The fraction of sp³-hybridized carbons (Fsp3) is 0.143. The second-order valence-electron chi connectivity index (χ2n) is 1.90. The molecule has 10 heavy (non-hydrogen) atoms. The molecule has 0 aliphatic carbocycles. The molecule has 1 aromatic carbocycles. The highest BCUT2D eigenvalue weighted by Crippen LogP contribution is 2.16. The lowest BCUT2D eigenvalue weighted by atomic mass is 10.2. The molecule has 0 saturated carbocycles. The van der Waals surface area contributed by atoms with Crippen molar-refractivity contribution in [3.63, 3.8) is 0 Å². The van der Waals surface area contributed by atoms with Crippen LogP contribution in [0.3, 0.4) is 0 Å². The van der Waals surface area contributed by atoms with E-state index in [0.717, 1.165) is 16.6 Å². The van der Waals surface area contributed by atoms with Crippen LogP contribution >= 0.6 is 15.9 Å². The highest BCUT2D eigenvalue weighted by molar-refractivity contribution is 9.08. The van der Waals surface area contributed by atoms with Crippen molar-refractivity contribution in [2.24, 2.45) is 0 Å². The molecule has 0 atom stereocenters. The molecule has 0 heterocycles. The third-order valence-electron chi connectivity index (χ3n) is 1.28. The molecule has 0 aliphatic heterocycles.